The fourth-order valence-corrected chi connectivity index (χ4v) is 2.12. The van der Waals surface area contributed by atoms with E-state index in [1.807, 2.05) is 0 Å². The van der Waals surface area contributed by atoms with Crippen LogP contribution in [0.15, 0.2) is 24.3 Å². The number of rotatable bonds is 2. The molecule has 0 aliphatic carbocycles. The molecule has 1 aromatic carbocycles. The summed E-state index contributed by atoms with van der Waals surface area (Å²) < 4.78 is 0. The fourth-order valence-electron chi connectivity index (χ4n) is 2.12. The van der Waals surface area contributed by atoms with E-state index in [1.54, 1.807) is 23.1 Å². The van der Waals surface area contributed by atoms with E-state index in [0.29, 0.717) is 5.56 Å². The fraction of sp³-hybridized carbons (Fsp3) is 0.385. The van der Waals surface area contributed by atoms with Crippen LogP contribution < -0.4 is 0 Å². The lowest BCUT2D eigenvalue weighted by Gasteiger charge is -2.27. The average molecular weight is 233 g/mol. The molecule has 4 nitrogen and oxygen atoms in total. The van der Waals surface area contributed by atoms with Crippen molar-refractivity contribution in [1.82, 2.24) is 4.90 Å². The van der Waals surface area contributed by atoms with Crippen LogP contribution in [0, 0.1) is 0 Å². The maximum atomic E-state index is 12.2. The maximum Gasteiger partial charge on any atom is 0.336 e. The van der Waals surface area contributed by atoms with Crippen LogP contribution in [-0.4, -0.2) is 35.0 Å². The van der Waals surface area contributed by atoms with E-state index in [9.17, 15) is 9.59 Å². The second-order valence-corrected chi connectivity index (χ2v) is 4.20. The molecule has 1 heterocycles. The first kappa shape index (κ1) is 11.6. The number of carboxylic acids is 1. The van der Waals surface area contributed by atoms with E-state index in [-0.39, 0.29) is 11.5 Å². The summed E-state index contributed by atoms with van der Waals surface area (Å²) in [5.41, 5.74) is 0.380. The quantitative estimate of drug-likeness (QED) is 0.850. The lowest BCUT2D eigenvalue weighted by atomic mass is 10.0. The van der Waals surface area contributed by atoms with Gasteiger partial charge in [0, 0.05) is 13.1 Å². The first-order chi connectivity index (χ1) is 8.20. The molecule has 1 N–H and O–H groups in total. The Balaban J connectivity index is 2.26. The van der Waals surface area contributed by atoms with Gasteiger partial charge >= 0.3 is 5.97 Å². The highest BCUT2D eigenvalue weighted by Gasteiger charge is 2.22. The minimum absolute atomic E-state index is 0.0862. The van der Waals surface area contributed by atoms with Crippen molar-refractivity contribution in [1.29, 1.82) is 0 Å². The van der Waals surface area contributed by atoms with Crippen LogP contribution in [-0.2, 0) is 0 Å². The van der Waals surface area contributed by atoms with Crippen molar-refractivity contribution in [3.05, 3.63) is 35.4 Å². The van der Waals surface area contributed by atoms with E-state index in [2.05, 4.69) is 0 Å². The molecule has 2 rings (SSSR count). The van der Waals surface area contributed by atoms with Gasteiger partial charge in [-0.2, -0.15) is 0 Å². The van der Waals surface area contributed by atoms with Gasteiger partial charge in [0.05, 0.1) is 11.1 Å². The third kappa shape index (κ3) is 2.46. The molecule has 0 spiro atoms. The van der Waals surface area contributed by atoms with Gasteiger partial charge in [-0.15, -0.1) is 0 Å². The Hall–Kier alpha value is -1.84. The van der Waals surface area contributed by atoms with Crippen LogP contribution in [0.4, 0.5) is 0 Å². The van der Waals surface area contributed by atoms with Gasteiger partial charge in [0.2, 0.25) is 0 Å². The van der Waals surface area contributed by atoms with Gasteiger partial charge < -0.3 is 10.0 Å². The predicted molar refractivity (Wildman–Crippen MR) is 63.2 cm³/mol. The molecule has 1 aliphatic heterocycles. The Labute approximate surface area is 99.9 Å². The number of benzene rings is 1. The minimum atomic E-state index is -1.05. The summed E-state index contributed by atoms with van der Waals surface area (Å²) >= 11 is 0. The molecule has 0 saturated carbocycles. The Kier molecular flexibility index (Phi) is 3.42. The van der Waals surface area contributed by atoms with Crippen molar-refractivity contribution in [3.63, 3.8) is 0 Å². The highest BCUT2D eigenvalue weighted by Crippen LogP contribution is 2.16. The van der Waals surface area contributed by atoms with E-state index in [0.717, 1.165) is 32.4 Å². The van der Waals surface area contributed by atoms with Gasteiger partial charge in [0.25, 0.3) is 5.91 Å². The third-order valence-corrected chi connectivity index (χ3v) is 3.03. The molecular formula is C13H15NO3. The molecule has 1 saturated heterocycles. The molecule has 1 aliphatic rings. The number of piperidine rings is 1. The van der Waals surface area contributed by atoms with Crippen molar-refractivity contribution in [2.24, 2.45) is 0 Å². The molecule has 0 unspecified atom stereocenters. The van der Waals surface area contributed by atoms with Crippen molar-refractivity contribution < 1.29 is 14.7 Å². The van der Waals surface area contributed by atoms with Crippen molar-refractivity contribution in [2.75, 3.05) is 13.1 Å². The second kappa shape index (κ2) is 4.99. The predicted octanol–water partition coefficient (Wildman–Crippen LogP) is 2.01. The van der Waals surface area contributed by atoms with Crippen molar-refractivity contribution in [3.8, 4) is 0 Å². The number of carbonyl (C=O) groups excluding carboxylic acids is 1. The molecule has 0 aromatic heterocycles. The summed E-state index contributed by atoms with van der Waals surface area (Å²) in [5, 5.41) is 9.04. The number of hydrogen-bond donors (Lipinski definition) is 1. The summed E-state index contributed by atoms with van der Waals surface area (Å²) in [6, 6.07) is 6.39. The number of likely N-dealkylation sites (tertiary alicyclic amines) is 1. The number of carboxylic acid groups (broad SMARTS) is 1. The molecule has 0 bridgehead atoms. The molecule has 0 atom stereocenters. The summed E-state index contributed by atoms with van der Waals surface area (Å²) in [6.07, 6.45) is 3.15. The largest absolute Gasteiger partial charge is 0.478 e. The first-order valence-electron chi connectivity index (χ1n) is 5.82. The van der Waals surface area contributed by atoms with Gasteiger partial charge in [-0.1, -0.05) is 12.1 Å². The van der Waals surface area contributed by atoms with Gasteiger partial charge in [-0.25, -0.2) is 4.79 Å². The Morgan fingerprint density at radius 3 is 2.18 bits per heavy atom. The Bertz CT molecular complexity index is 436. The van der Waals surface area contributed by atoms with Crippen LogP contribution in [0.2, 0.25) is 0 Å². The normalized spacial score (nSPS) is 15.6. The average Bonchev–Trinajstić information content (AvgIpc) is 2.39. The van der Waals surface area contributed by atoms with Crippen LogP contribution in [0.5, 0.6) is 0 Å². The smallest absolute Gasteiger partial charge is 0.336 e. The Morgan fingerprint density at radius 1 is 1.00 bits per heavy atom. The summed E-state index contributed by atoms with van der Waals surface area (Å²) in [5.74, 6) is -1.21. The minimum Gasteiger partial charge on any atom is -0.478 e. The highest BCUT2D eigenvalue weighted by molar-refractivity contribution is 6.04. The zero-order valence-corrected chi connectivity index (χ0v) is 9.56. The Morgan fingerprint density at radius 2 is 1.59 bits per heavy atom. The van der Waals surface area contributed by atoms with Gasteiger partial charge in [-0.3, -0.25) is 4.79 Å². The maximum absolute atomic E-state index is 12.2. The topological polar surface area (TPSA) is 57.6 Å². The van der Waals surface area contributed by atoms with E-state index in [1.165, 1.54) is 6.07 Å². The number of amides is 1. The third-order valence-electron chi connectivity index (χ3n) is 3.03. The molecule has 1 amide bonds. The lowest BCUT2D eigenvalue weighted by molar-refractivity contribution is 0.0666. The molecular weight excluding hydrogens is 218 g/mol. The molecule has 90 valence electrons. The summed E-state index contributed by atoms with van der Waals surface area (Å²) in [6.45, 7) is 1.46. The van der Waals surface area contributed by atoms with Crippen molar-refractivity contribution in [2.45, 2.75) is 19.3 Å². The molecule has 17 heavy (non-hydrogen) atoms. The number of carbonyl (C=O) groups is 2. The standard InChI is InChI=1S/C13H15NO3/c15-12(14-8-4-1-5-9-14)10-6-2-3-7-11(10)13(16)17/h2-3,6-7H,1,4-5,8-9H2,(H,16,17). The van der Waals surface area contributed by atoms with Crippen LogP contribution in [0.1, 0.15) is 40.0 Å². The van der Waals surface area contributed by atoms with E-state index >= 15 is 0 Å². The lowest BCUT2D eigenvalue weighted by Crippen LogP contribution is -2.36. The zero-order chi connectivity index (χ0) is 12.3. The zero-order valence-electron chi connectivity index (χ0n) is 9.56. The number of hydrogen-bond acceptors (Lipinski definition) is 2. The molecule has 0 radical (unpaired) electrons. The van der Waals surface area contributed by atoms with Crippen LogP contribution in [0.25, 0.3) is 0 Å². The van der Waals surface area contributed by atoms with Crippen LogP contribution >= 0.6 is 0 Å². The highest BCUT2D eigenvalue weighted by atomic mass is 16.4. The van der Waals surface area contributed by atoms with Gasteiger partial charge in [0.15, 0.2) is 0 Å². The van der Waals surface area contributed by atoms with Gasteiger partial charge in [0.1, 0.15) is 0 Å². The van der Waals surface area contributed by atoms with E-state index in [4.69, 9.17) is 5.11 Å². The number of aromatic carboxylic acids is 1. The molecule has 4 heteroatoms. The number of nitrogens with zero attached hydrogens (tertiary/aromatic N) is 1. The summed E-state index contributed by atoms with van der Waals surface area (Å²) in [4.78, 5) is 25.0. The monoisotopic (exact) mass is 233 g/mol. The van der Waals surface area contributed by atoms with Gasteiger partial charge in [-0.05, 0) is 31.4 Å². The molecule has 1 aromatic rings. The second-order valence-electron chi connectivity index (χ2n) is 4.20. The van der Waals surface area contributed by atoms with E-state index < -0.39 is 5.97 Å². The van der Waals surface area contributed by atoms with Crippen molar-refractivity contribution >= 4 is 11.9 Å². The first-order valence-corrected chi connectivity index (χ1v) is 5.82. The SMILES string of the molecule is O=C(O)c1ccccc1C(=O)N1CCCCC1. The summed E-state index contributed by atoms with van der Waals surface area (Å²) in [7, 11) is 0. The van der Waals surface area contributed by atoms with Crippen LogP contribution in [0.3, 0.4) is 0 Å². The molecule has 1 fully saturated rings.